The number of nitro groups is 1. The average molecular weight is 322 g/mol. The van der Waals surface area contributed by atoms with Crippen molar-refractivity contribution >= 4 is 23.0 Å². The van der Waals surface area contributed by atoms with Crippen molar-refractivity contribution in [2.45, 2.75) is 13.8 Å². The van der Waals surface area contributed by atoms with Crippen LogP contribution in [0.5, 0.6) is 0 Å². The van der Waals surface area contributed by atoms with Crippen molar-refractivity contribution in [3.05, 3.63) is 38.7 Å². The maximum atomic E-state index is 12.2. The minimum atomic E-state index is -0.628. The van der Waals surface area contributed by atoms with Crippen LogP contribution in [0.4, 0.5) is 17.1 Å². The monoisotopic (exact) mass is 322 g/mol. The van der Waals surface area contributed by atoms with Gasteiger partial charge in [-0.3, -0.25) is 20.5 Å². The fraction of sp³-hybridized carbons (Fsp3) is 0.462. The highest BCUT2D eigenvalue weighted by Gasteiger charge is 2.20. The smallest absolute Gasteiger partial charge is 0.271 e. The van der Waals surface area contributed by atoms with E-state index >= 15 is 0 Å². The second-order valence-electron chi connectivity index (χ2n) is 4.86. The van der Waals surface area contributed by atoms with E-state index < -0.39 is 4.92 Å². The number of non-ortho nitro benzene ring substituents is 1. The largest absolute Gasteiger partial charge is 0.752 e. The number of aliphatic imine (C=N–C) groups is 1. The SMILES string of the molecule is CCN(CC)CCN=C1NN([O-])c2cc([N+](=O)[O-])ccc2N1[O-]. The predicted molar refractivity (Wildman–Crippen MR) is 88.0 cm³/mol. The molecule has 1 N–H and O–H groups in total. The summed E-state index contributed by atoms with van der Waals surface area (Å²) in [6, 6.07) is 3.47. The average Bonchev–Trinajstić information content (AvgIpc) is 2.55. The predicted octanol–water partition coefficient (Wildman–Crippen LogP) is 1.42. The normalized spacial score (nSPS) is 15.8. The second kappa shape index (κ2) is 7.22. The van der Waals surface area contributed by atoms with Crippen LogP contribution in [0.1, 0.15) is 13.8 Å². The number of hydrazine groups is 1. The Morgan fingerprint density at radius 1 is 1.26 bits per heavy atom. The molecule has 0 fully saturated rings. The lowest BCUT2D eigenvalue weighted by Gasteiger charge is -2.46. The fourth-order valence-electron chi connectivity index (χ4n) is 2.21. The van der Waals surface area contributed by atoms with Gasteiger partial charge in [-0.25, -0.2) is 0 Å². The van der Waals surface area contributed by atoms with Crippen molar-refractivity contribution in [2.24, 2.45) is 4.99 Å². The minimum Gasteiger partial charge on any atom is -0.752 e. The van der Waals surface area contributed by atoms with Crippen molar-refractivity contribution in [2.75, 3.05) is 36.4 Å². The van der Waals surface area contributed by atoms with Gasteiger partial charge in [0.25, 0.3) is 5.69 Å². The second-order valence-corrected chi connectivity index (χ2v) is 4.86. The van der Waals surface area contributed by atoms with E-state index in [-0.39, 0.29) is 23.0 Å². The first kappa shape index (κ1) is 16.9. The first-order valence-electron chi connectivity index (χ1n) is 7.24. The maximum absolute atomic E-state index is 12.2. The lowest BCUT2D eigenvalue weighted by atomic mass is 10.2. The summed E-state index contributed by atoms with van der Waals surface area (Å²) in [6.07, 6.45) is 0. The molecule has 1 aromatic carbocycles. The molecule has 0 aliphatic carbocycles. The molecule has 0 bridgehead atoms. The molecule has 0 atom stereocenters. The molecule has 23 heavy (non-hydrogen) atoms. The van der Waals surface area contributed by atoms with Crippen molar-refractivity contribution in [1.82, 2.24) is 10.3 Å². The van der Waals surface area contributed by atoms with Gasteiger partial charge in [0.1, 0.15) is 0 Å². The highest BCUT2D eigenvalue weighted by atomic mass is 16.6. The molecule has 1 aliphatic rings. The standard InChI is InChI=1S/C13H18N6O4/c1-3-16(4-2)8-7-14-13-15-18(21)12-9-10(19(22)23)5-6-11(12)17(13)20/h5-6,9H,3-4,7-8H2,1-2H3,(H,14,15)/q-2. The number of benzene rings is 1. The van der Waals surface area contributed by atoms with Crippen LogP contribution in [0.2, 0.25) is 0 Å². The number of nitro benzene ring substituents is 1. The zero-order valence-electron chi connectivity index (χ0n) is 12.9. The summed E-state index contributed by atoms with van der Waals surface area (Å²) in [7, 11) is 0. The zero-order valence-corrected chi connectivity index (χ0v) is 12.9. The van der Waals surface area contributed by atoms with Crippen molar-refractivity contribution in [1.29, 1.82) is 0 Å². The Bertz CT molecular complexity index is 604. The first-order chi connectivity index (χ1) is 11.0. The van der Waals surface area contributed by atoms with Gasteiger partial charge in [0.05, 0.1) is 22.8 Å². The van der Waals surface area contributed by atoms with Gasteiger partial charge in [-0.05, 0) is 19.2 Å². The third-order valence-corrected chi connectivity index (χ3v) is 3.57. The summed E-state index contributed by atoms with van der Waals surface area (Å²) in [5, 5.41) is 35.7. The molecular weight excluding hydrogens is 304 g/mol. The minimum absolute atomic E-state index is 0.0194. The molecule has 0 saturated carbocycles. The third-order valence-electron chi connectivity index (χ3n) is 3.57. The quantitative estimate of drug-likeness (QED) is 0.616. The number of rotatable bonds is 6. The van der Waals surface area contributed by atoms with E-state index in [1.165, 1.54) is 12.1 Å². The molecule has 10 nitrogen and oxygen atoms in total. The van der Waals surface area contributed by atoms with Gasteiger partial charge in [-0.1, -0.05) is 13.8 Å². The Kier molecular flexibility index (Phi) is 5.32. The van der Waals surface area contributed by atoms with Crippen LogP contribution in [0.25, 0.3) is 0 Å². The molecule has 1 heterocycles. The molecule has 1 aromatic rings. The maximum Gasteiger partial charge on any atom is 0.271 e. The summed E-state index contributed by atoms with van der Waals surface area (Å²) in [5.74, 6) is -0.131. The van der Waals surface area contributed by atoms with Crippen molar-refractivity contribution < 1.29 is 4.92 Å². The summed E-state index contributed by atoms with van der Waals surface area (Å²) >= 11 is 0. The number of nitrogens with zero attached hydrogens (tertiary/aromatic N) is 5. The summed E-state index contributed by atoms with van der Waals surface area (Å²) in [5.41, 5.74) is 1.94. The summed E-state index contributed by atoms with van der Waals surface area (Å²) in [4.78, 5) is 16.4. The van der Waals surface area contributed by atoms with Gasteiger partial charge in [-0.2, -0.15) is 0 Å². The van der Waals surface area contributed by atoms with E-state index in [9.17, 15) is 20.5 Å². The summed E-state index contributed by atoms with van der Waals surface area (Å²) in [6.45, 7) is 6.82. The number of guanidine groups is 1. The number of anilines is 2. The third kappa shape index (κ3) is 3.67. The Hall–Kier alpha value is -2.43. The molecule has 0 amide bonds. The lowest BCUT2D eigenvalue weighted by molar-refractivity contribution is -0.384. The van der Waals surface area contributed by atoms with E-state index in [2.05, 4.69) is 15.3 Å². The van der Waals surface area contributed by atoms with Crippen LogP contribution in [-0.4, -0.2) is 42.0 Å². The van der Waals surface area contributed by atoms with E-state index in [4.69, 9.17) is 0 Å². The molecule has 0 aromatic heterocycles. The highest BCUT2D eigenvalue weighted by molar-refractivity contribution is 6.04. The number of nitrogens with one attached hydrogen (secondary N) is 1. The van der Waals surface area contributed by atoms with Gasteiger partial charge >= 0.3 is 0 Å². The topological polar surface area (TPSA) is 123 Å². The number of hydrogen-bond donors (Lipinski definition) is 1. The Morgan fingerprint density at radius 2 is 1.96 bits per heavy atom. The Labute approximate surface area is 133 Å². The number of hydrogen-bond acceptors (Lipinski definition) is 7. The van der Waals surface area contributed by atoms with Gasteiger partial charge in [0.15, 0.2) is 0 Å². The van der Waals surface area contributed by atoms with Gasteiger partial charge in [0.2, 0.25) is 5.96 Å². The van der Waals surface area contributed by atoms with E-state index in [0.717, 1.165) is 19.2 Å². The van der Waals surface area contributed by atoms with Crippen molar-refractivity contribution in [3.8, 4) is 0 Å². The molecule has 0 saturated heterocycles. The molecule has 2 rings (SSSR count). The van der Waals surface area contributed by atoms with E-state index in [1.54, 1.807) is 0 Å². The van der Waals surface area contributed by atoms with Gasteiger partial charge in [-0.15, -0.1) is 0 Å². The van der Waals surface area contributed by atoms with E-state index in [0.29, 0.717) is 23.3 Å². The molecule has 10 heteroatoms. The van der Waals surface area contributed by atoms with Gasteiger partial charge < -0.3 is 25.5 Å². The van der Waals surface area contributed by atoms with Crippen molar-refractivity contribution in [3.63, 3.8) is 0 Å². The molecule has 0 unspecified atom stereocenters. The molecule has 126 valence electrons. The van der Waals surface area contributed by atoms with Crippen LogP contribution < -0.4 is 15.7 Å². The van der Waals surface area contributed by atoms with Crippen LogP contribution in [0.15, 0.2) is 23.2 Å². The number of fused-ring (bicyclic) bond motifs is 1. The van der Waals surface area contributed by atoms with Crippen LogP contribution >= 0.6 is 0 Å². The lowest BCUT2D eigenvalue weighted by Crippen LogP contribution is -2.50. The highest BCUT2D eigenvalue weighted by Crippen LogP contribution is 2.34. The Balaban J connectivity index is 2.17. The molecular formula is C13H18N6O4-2. The summed E-state index contributed by atoms with van der Waals surface area (Å²) < 4.78 is 0. The van der Waals surface area contributed by atoms with Crippen LogP contribution in [0, 0.1) is 20.5 Å². The zero-order chi connectivity index (χ0) is 17.0. The fourth-order valence-corrected chi connectivity index (χ4v) is 2.21. The van der Waals surface area contributed by atoms with Crippen LogP contribution in [-0.2, 0) is 0 Å². The number of likely N-dealkylation sites (N-methyl/N-ethyl adjacent to an activating group) is 1. The first-order valence-corrected chi connectivity index (χ1v) is 7.24. The van der Waals surface area contributed by atoms with Crippen LogP contribution in [0.3, 0.4) is 0 Å². The molecule has 0 radical (unpaired) electrons. The molecule has 0 spiro atoms. The number of hydroxylamine groups is 1. The van der Waals surface area contributed by atoms with E-state index in [1.807, 2.05) is 13.8 Å². The Morgan fingerprint density at radius 3 is 2.57 bits per heavy atom. The van der Waals surface area contributed by atoms with Gasteiger partial charge in [0, 0.05) is 18.7 Å². The molecule has 1 aliphatic heterocycles.